The van der Waals surface area contributed by atoms with Crippen molar-refractivity contribution in [2.75, 3.05) is 12.8 Å². The van der Waals surface area contributed by atoms with Crippen LogP contribution in [-0.2, 0) is 6.42 Å². The van der Waals surface area contributed by atoms with Gasteiger partial charge in [-0.25, -0.2) is 0 Å². The second-order valence-electron chi connectivity index (χ2n) is 4.29. The maximum Gasteiger partial charge on any atom is 0.169 e. The Morgan fingerprint density at radius 3 is 2.65 bits per heavy atom. The maximum atomic E-state index is 12.4. The number of ether oxygens (including phenoxy) is 1. The van der Waals surface area contributed by atoms with Gasteiger partial charge in [0.2, 0.25) is 0 Å². The molecule has 5 heteroatoms. The lowest BCUT2D eigenvalue weighted by Gasteiger charge is -2.09. The van der Waals surface area contributed by atoms with E-state index in [0.29, 0.717) is 11.3 Å². The molecule has 0 aliphatic carbocycles. The summed E-state index contributed by atoms with van der Waals surface area (Å²) in [5.41, 5.74) is 7.74. The van der Waals surface area contributed by atoms with Crippen LogP contribution in [0, 0.1) is 0 Å². The lowest BCUT2D eigenvalue weighted by atomic mass is 10.0. The number of nitrogen functional groups attached to an aromatic ring is 1. The first-order valence-electron chi connectivity index (χ1n) is 5.92. The molecule has 0 amide bonds. The smallest absolute Gasteiger partial charge is 0.169 e. The minimum atomic E-state index is -0.0299. The molecule has 0 unspecified atom stereocenters. The maximum absolute atomic E-state index is 12.4. The van der Waals surface area contributed by atoms with E-state index < -0.39 is 0 Å². The van der Waals surface area contributed by atoms with E-state index in [-0.39, 0.29) is 12.2 Å². The molecule has 0 aliphatic rings. The molecule has 104 valence electrons. The summed E-state index contributed by atoms with van der Waals surface area (Å²) in [7, 11) is 1.60. The first-order valence-corrected chi connectivity index (χ1v) is 7.50. The quantitative estimate of drug-likeness (QED) is 0.619. The Kier molecular flexibility index (Phi) is 4.83. The molecule has 2 N–H and O–H groups in total. The van der Waals surface area contributed by atoms with E-state index >= 15 is 0 Å². The highest BCUT2D eigenvalue weighted by atomic mass is 79.9. The van der Waals surface area contributed by atoms with Crippen LogP contribution < -0.4 is 10.5 Å². The van der Waals surface area contributed by atoms with Gasteiger partial charge in [0.15, 0.2) is 5.78 Å². The molecule has 0 heterocycles. The third-order valence-corrected chi connectivity index (χ3v) is 4.19. The van der Waals surface area contributed by atoms with Crippen molar-refractivity contribution in [2.24, 2.45) is 0 Å². The van der Waals surface area contributed by atoms with E-state index in [0.717, 1.165) is 20.3 Å². The average molecular weight is 399 g/mol. The van der Waals surface area contributed by atoms with E-state index in [1.54, 1.807) is 19.2 Å². The Morgan fingerprint density at radius 1 is 1.20 bits per heavy atom. The number of halogens is 2. The number of hydrogen-bond acceptors (Lipinski definition) is 3. The SMILES string of the molecule is COc1ccc(Br)c(CC(=O)c2cc(Br)ccc2N)c1. The topological polar surface area (TPSA) is 52.3 Å². The van der Waals surface area contributed by atoms with E-state index in [1.165, 1.54) is 0 Å². The first kappa shape index (κ1) is 15.1. The standard InChI is InChI=1S/C15H13Br2NO2/c1-20-11-3-4-13(17)9(6-11)7-15(19)12-8-10(16)2-5-14(12)18/h2-6,8H,7,18H2,1H3. The van der Waals surface area contributed by atoms with Crippen molar-refractivity contribution in [1.29, 1.82) is 0 Å². The van der Waals surface area contributed by atoms with Crippen LogP contribution in [0.5, 0.6) is 5.75 Å². The zero-order chi connectivity index (χ0) is 14.7. The van der Waals surface area contributed by atoms with Gasteiger partial charge in [-0.05, 0) is 42.0 Å². The summed E-state index contributed by atoms with van der Waals surface area (Å²) in [6.07, 6.45) is 0.262. The first-order chi connectivity index (χ1) is 9.51. The molecule has 2 aromatic carbocycles. The summed E-state index contributed by atoms with van der Waals surface area (Å²) >= 11 is 6.80. The van der Waals surface area contributed by atoms with Gasteiger partial charge >= 0.3 is 0 Å². The largest absolute Gasteiger partial charge is 0.497 e. The van der Waals surface area contributed by atoms with E-state index in [4.69, 9.17) is 10.5 Å². The summed E-state index contributed by atoms with van der Waals surface area (Å²) in [6.45, 7) is 0. The molecule has 3 nitrogen and oxygen atoms in total. The molecule has 0 atom stereocenters. The Morgan fingerprint density at radius 2 is 1.95 bits per heavy atom. The number of methoxy groups -OCH3 is 1. The zero-order valence-electron chi connectivity index (χ0n) is 10.8. The highest BCUT2D eigenvalue weighted by molar-refractivity contribution is 9.10. The van der Waals surface area contributed by atoms with Crippen molar-refractivity contribution < 1.29 is 9.53 Å². The van der Waals surface area contributed by atoms with Crippen LogP contribution in [0.3, 0.4) is 0 Å². The number of ketones is 1. The minimum absolute atomic E-state index is 0.0299. The molecule has 0 spiro atoms. The molecule has 0 saturated heterocycles. The molecular formula is C15H13Br2NO2. The van der Waals surface area contributed by atoms with Crippen LogP contribution in [0.15, 0.2) is 45.3 Å². The van der Waals surface area contributed by atoms with Crippen molar-refractivity contribution in [2.45, 2.75) is 6.42 Å². The molecule has 0 aromatic heterocycles. The number of carbonyl (C=O) groups excluding carboxylic acids is 1. The molecule has 20 heavy (non-hydrogen) atoms. The molecule has 2 aromatic rings. The van der Waals surface area contributed by atoms with Crippen molar-refractivity contribution in [1.82, 2.24) is 0 Å². The van der Waals surface area contributed by atoms with Crippen molar-refractivity contribution >= 4 is 43.3 Å². The fourth-order valence-corrected chi connectivity index (χ4v) is 2.60. The summed E-state index contributed by atoms with van der Waals surface area (Å²) in [6, 6.07) is 10.8. The fourth-order valence-electron chi connectivity index (χ4n) is 1.85. The van der Waals surface area contributed by atoms with Gasteiger partial charge < -0.3 is 10.5 Å². The number of anilines is 1. The second kappa shape index (κ2) is 6.41. The monoisotopic (exact) mass is 397 g/mol. The van der Waals surface area contributed by atoms with E-state index in [2.05, 4.69) is 31.9 Å². The summed E-state index contributed by atoms with van der Waals surface area (Å²) in [5.74, 6) is 0.691. The molecule has 0 aliphatic heterocycles. The molecule has 0 fully saturated rings. The van der Waals surface area contributed by atoms with Gasteiger partial charge in [-0.15, -0.1) is 0 Å². The molecule has 0 bridgehead atoms. The number of hydrogen-bond donors (Lipinski definition) is 1. The van der Waals surface area contributed by atoms with Gasteiger partial charge in [-0.3, -0.25) is 4.79 Å². The van der Waals surface area contributed by atoms with Crippen LogP contribution in [0.1, 0.15) is 15.9 Å². The number of benzene rings is 2. The number of Topliss-reactive ketones (excluding diaryl/α,β-unsaturated/α-hetero) is 1. The predicted molar refractivity (Wildman–Crippen MR) is 87.3 cm³/mol. The van der Waals surface area contributed by atoms with Crippen LogP contribution in [0.25, 0.3) is 0 Å². The lowest BCUT2D eigenvalue weighted by Crippen LogP contribution is -2.07. The van der Waals surface area contributed by atoms with Crippen LogP contribution >= 0.6 is 31.9 Å². The molecule has 0 radical (unpaired) electrons. The van der Waals surface area contributed by atoms with Gasteiger partial charge in [0.05, 0.1) is 7.11 Å². The van der Waals surface area contributed by atoms with Crippen molar-refractivity contribution in [3.8, 4) is 5.75 Å². The fraction of sp³-hybridized carbons (Fsp3) is 0.133. The summed E-state index contributed by atoms with van der Waals surface area (Å²) < 4.78 is 6.88. The van der Waals surface area contributed by atoms with Crippen LogP contribution in [-0.4, -0.2) is 12.9 Å². The van der Waals surface area contributed by atoms with Gasteiger partial charge in [0.25, 0.3) is 0 Å². The molecule has 0 saturated carbocycles. The van der Waals surface area contributed by atoms with E-state index in [1.807, 2.05) is 24.3 Å². The van der Waals surface area contributed by atoms with Gasteiger partial charge in [0.1, 0.15) is 5.75 Å². The van der Waals surface area contributed by atoms with Crippen LogP contribution in [0.2, 0.25) is 0 Å². The van der Waals surface area contributed by atoms with Gasteiger partial charge in [-0.1, -0.05) is 31.9 Å². The Hall–Kier alpha value is -1.33. The minimum Gasteiger partial charge on any atom is -0.497 e. The lowest BCUT2D eigenvalue weighted by molar-refractivity contribution is 0.0993. The number of nitrogens with two attached hydrogens (primary N) is 1. The predicted octanol–water partition coefficient (Wildman–Crippen LogP) is 4.23. The van der Waals surface area contributed by atoms with E-state index in [9.17, 15) is 4.79 Å². The van der Waals surface area contributed by atoms with Gasteiger partial charge in [0, 0.05) is 26.6 Å². The van der Waals surface area contributed by atoms with Crippen molar-refractivity contribution in [3.63, 3.8) is 0 Å². The molecular weight excluding hydrogens is 386 g/mol. The van der Waals surface area contributed by atoms with Crippen LogP contribution in [0.4, 0.5) is 5.69 Å². The average Bonchev–Trinajstić information content (AvgIpc) is 2.43. The Balaban J connectivity index is 2.30. The second-order valence-corrected chi connectivity index (χ2v) is 6.06. The summed E-state index contributed by atoms with van der Waals surface area (Å²) in [5, 5.41) is 0. The Labute approximate surface area is 134 Å². The normalized spacial score (nSPS) is 10.3. The van der Waals surface area contributed by atoms with Gasteiger partial charge in [-0.2, -0.15) is 0 Å². The summed E-state index contributed by atoms with van der Waals surface area (Å²) in [4.78, 5) is 12.4. The number of carbonyl (C=O) groups is 1. The molecule has 2 rings (SSSR count). The third-order valence-electron chi connectivity index (χ3n) is 2.92. The zero-order valence-corrected chi connectivity index (χ0v) is 14.0. The number of rotatable bonds is 4. The highest BCUT2D eigenvalue weighted by Crippen LogP contribution is 2.26. The van der Waals surface area contributed by atoms with Crippen molar-refractivity contribution in [3.05, 3.63) is 56.5 Å². The third kappa shape index (κ3) is 3.41. The highest BCUT2D eigenvalue weighted by Gasteiger charge is 2.13. The Bertz CT molecular complexity index is 656.